The van der Waals surface area contributed by atoms with Gasteiger partial charge >= 0.3 is 5.69 Å². The fourth-order valence-electron chi connectivity index (χ4n) is 5.94. The van der Waals surface area contributed by atoms with Crippen LogP contribution in [0.2, 0.25) is 0 Å². The van der Waals surface area contributed by atoms with Gasteiger partial charge in [0, 0.05) is 56.9 Å². The van der Waals surface area contributed by atoms with Crippen LogP contribution in [-0.2, 0) is 11.8 Å². The number of fused-ring (bicyclic) bond motifs is 1. The maximum Gasteiger partial charge on any atom is 0.349 e. The minimum atomic E-state index is -0.325. The Labute approximate surface area is 223 Å². The Kier molecular flexibility index (Phi) is 7.17. The molecule has 2 aliphatic heterocycles. The zero-order valence-electron chi connectivity index (χ0n) is 22.6. The molecule has 2 fully saturated rings. The van der Waals surface area contributed by atoms with E-state index in [0.717, 1.165) is 38.0 Å². The van der Waals surface area contributed by atoms with E-state index in [9.17, 15) is 14.9 Å². The third kappa shape index (κ3) is 4.54. The molecular weight excluding hydrogens is 478 g/mol. The Hall–Kier alpha value is -3.77. The SMILES string of the molecule is CC[C@H]1CN(C(C)c2ccc(N3CCCC3=O)cc2)[C@H](CC)CN1c1nc(=O)n(C)c2ccc(C#N)nc12. The third-order valence-electron chi connectivity index (χ3n) is 8.26. The Morgan fingerprint density at radius 3 is 2.39 bits per heavy atom. The van der Waals surface area contributed by atoms with Crippen LogP contribution in [0.15, 0.2) is 41.2 Å². The van der Waals surface area contributed by atoms with Gasteiger partial charge in [0.15, 0.2) is 5.82 Å². The lowest BCUT2D eigenvalue weighted by Gasteiger charge is -2.49. The molecule has 4 heterocycles. The van der Waals surface area contributed by atoms with Gasteiger partial charge in [-0.15, -0.1) is 0 Å². The number of carbonyl (C=O) groups is 1. The normalized spacial score (nSPS) is 21.2. The summed E-state index contributed by atoms with van der Waals surface area (Å²) in [5, 5.41) is 9.46. The number of nitrogens with zero attached hydrogens (tertiary/aromatic N) is 7. The second-order valence-corrected chi connectivity index (χ2v) is 10.3. The molecular formula is C29H35N7O2. The van der Waals surface area contributed by atoms with E-state index in [1.54, 1.807) is 19.2 Å². The maximum atomic E-state index is 12.8. The number of piperazine rings is 1. The first-order valence-electron chi connectivity index (χ1n) is 13.6. The summed E-state index contributed by atoms with van der Waals surface area (Å²) in [6.45, 7) is 8.92. The van der Waals surface area contributed by atoms with Gasteiger partial charge in [-0.05, 0) is 56.0 Å². The average Bonchev–Trinajstić information content (AvgIpc) is 3.39. The summed E-state index contributed by atoms with van der Waals surface area (Å²) in [6.07, 6.45) is 3.37. The Bertz CT molecular complexity index is 1440. The zero-order valence-corrected chi connectivity index (χ0v) is 22.6. The van der Waals surface area contributed by atoms with E-state index in [2.05, 4.69) is 70.9 Å². The van der Waals surface area contributed by atoms with E-state index in [1.165, 1.54) is 10.1 Å². The number of benzene rings is 1. The number of pyridine rings is 1. The molecule has 5 rings (SSSR count). The second kappa shape index (κ2) is 10.5. The Morgan fingerprint density at radius 1 is 1.03 bits per heavy atom. The van der Waals surface area contributed by atoms with Crippen molar-refractivity contribution < 1.29 is 4.79 Å². The highest BCUT2D eigenvalue weighted by Crippen LogP contribution is 2.34. The third-order valence-corrected chi connectivity index (χ3v) is 8.26. The number of nitriles is 1. The molecule has 1 aromatic carbocycles. The molecule has 3 atom stereocenters. The fraction of sp³-hybridized carbons (Fsp3) is 0.483. The van der Waals surface area contributed by atoms with Crippen LogP contribution in [0.1, 0.15) is 63.8 Å². The largest absolute Gasteiger partial charge is 0.349 e. The van der Waals surface area contributed by atoms with E-state index >= 15 is 0 Å². The van der Waals surface area contributed by atoms with Crippen molar-refractivity contribution >= 4 is 28.4 Å². The van der Waals surface area contributed by atoms with Crippen molar-refractivity contribution in [3.8, 4) is 6.07 Å². The van der Waals surface area contributed by atoms with Crippen molar-refractivity contribution in [2.24, 2.45) is 7.05 Å². The van der Waals surface area contributed by atoms with E-state index in [1.807, 2.05) is 4.90 Å². The molecule has 9 nitrogen and oxygen atoms in total. The molecule has 2 saturated heterocycles. The van der Waals surface area contributed by atoms with Gasteiger partial charge in [-0.3, -0.25) is 14.3 Å². The summed E-state index contributed by atoms with van der Waals surface area (Å²) in [5.41, 5.74) is 3.45. The molecule has 0 N–H and O–H groups in total. The number of hydrogen-bond donors (Lipinski definition) is 0. The lowest BCUT2D eigenvalue weighted by molar-refractivity contribution is -0.117. The molecule has 0 spiro atoms. The van der Waals surface area contributed by atoms with E-state index in [4.69, 9.17) is 0 Å². The lowest BCUT2D eigenvalue weighted by Crippen LogP contribution is -2.59. The van der Waals surface area contributed by atoms with Crippen molar-refractivity contribution in [2.75, 3.05) is 29.4 Å². The highest BCUT2D eigenvalue weighted by molar-refractivity contribution is 5.95. The molecule has 2 aliphatic rings. The molecule has 0 saturated carbocycles. The van der Waals surface area contributed by atoms with Crippen LogP contribution in [-0.4, -0.2) is 57.1 Å². The number of aromatic nitrogens is 3. The summed E-state index contributed by atoms with van der Waals surface area (Å²) in [5.74, 6) is 0.768. The van der Waals surface area contributed by atoms with Crippen LogP contribution in [0.3, 0.4) is 0 Å². The Morgan fingerprint density at radius 2 is 1.76 bits per heavy atom. The average molecular weight is 514 g/mol. The van der Waals surface area contributed by atoms with Gasteiger partial charge in [-0.25, -0.2) is 9.78 Å². The molecule has 0 radical (unpaired) electrons. The predicted octanol–water partition coefficient (Wildman–Crippen LogP) is 3.77. The minimum absolute atomic E-state index is 0.136. The number of amides is 1. The van der Waals surface area contributed by atoms with Crippen molar-refractivity contribution in [1.29, 1.82) is 5.26 Å². The van der Waals surface area contributed by atoms with E-state index in [0.29, 0.717) is 35.5 Å². The van der Waals surface area contributed by atoms with Crippen LogP contribution in [0.25, 0.3) is 11.0 Å². The highest BCUT2D eigenvalue weighted by atomic mass is 16.2. The number of anilines is 2. The molecule has 9 heteroatoms. The van der Waals surface area contributed by atoms with Gasteiger partial charge in [0.25, 0.3) is 0 Å². The lowest BCUT2D eigenvalue weighted by atomic mass is 9.97. The molecule has 3 aromatic rings. The highest BCUT2D eigenvalue weighted by Gasteiger charge is 2.37. The molecule has 0 bridgehead atoms. The first-order chi connectivity index (χ1) is 18.4. The number of hydrogen-bond acceptors (Lipinski definition) is 7. The van der Waals surface area contributed by atoms with Crippen molar-refractivity contribution in [1.82, 2.24) is 19.4 Å². The first-order valence-corrected chi connectivity index (χ1v) is 13.6. The van der Waals surface area contributed by atoms with Gasteiger partial charge in [0.1, 0.15) is 17.3 Å². The van der Waals surface area contributed by atoms with Crippen LogP contribution < -0.4 is 15.5 Å². The van der Waals surface area contributed by atoms with Gasteiger partial charge in [0.2, 0.25) is 5.91 Å². The first kappa shape index (κ1) is 25.9. The molecule has 198 valence electrons. The molecule has 1 amide bonds. The summed E-state index contributed by atoms with van der Waals surface area (Å²) in [4.78, 5) is 40.7. The summed E-state index contributed by atoms with van der Waals surface area (Å²) < 4.78 is 1.49. The van der Waals surface area contributed by atoms with Crippen LogP contribution >= 0.6 is 0 Å². The van der Waals surface area contributed by atoms with E-state index < -0.39 is 0 Å². The molecule has 1 unspecified atom stereocenters. The van der Waals surface area contributed by atoms with Crippen molar-refractivity contribution in [3.63, 3.8) is 0 Å². The molecule has 2 aromatic heterocycles. The molecule has 0 aliphatic carbocycles. The summed E-state index contributed by atoms with van der Waals surface area (Å²) in [7, 11) is 1.69. The topological polar surface area (TPSA) is 98.4 Å². The quantitative estimate of drug-likeness (QED) is 0.495. The number of aryl methyl sites for hydroxylation is 1. The van der Waals surface area contributed by atoms with Crippen LogP contribution in [0.5, 0.6) is 0 Å². The van der Waals surface area contributed by atoms with Crippen LogP contribution in [0, 0.1) is 11.3 Å². The summed E-state index contributed by atoms with van der Waals surface area (Å²) in [6, 6.07) is 14.5. The zero-order chi connectivity index (χ0) is 27.0. The fourth-order valence-corrected chi connectivity index (χ4v) is 5.94. The maximum absolute atomic E-state index is 12.8. The predicted molar refractivity (Wildman–Crippen MR) is 148 cm³/mol. The van der Waals surface area contributed by atoms with Crippen molar-refractivity contribution in [2.45, 2.75) is 64.6 Å². The standard InChI is InChI=1S/C29H35N7O2/c1-5-22-18-36(28-27-25(33(4)29(38)32-28)14-11-21(16-30)31-27)23(6-2)17-35(22)19(3)20-9-12-24(13-10-20)34-15-7-8-26(34)37/h9-14,19,22-23H,5-8,15,17-18H2,1-4H3/t19?,22-,23+/m1/s1. The summed E-state index contributed by atoms with van der Waals surface area (Å²) >= 11 is 0. The number of rotatable bonds is 6. The number of carbonyl (C=O) groups excluding carboxylic acids is 1. The monoisotopic (exact) mass is 513 g/mol. The van der Waals surface area contributed by atoms with E-state index in [-0.39, 0.29) is 29.7 Å². The van der Waals surface area contributed by atoms with Gasteiger partial charge in [0.05, 0.1) is 5.52 Å². The smallest absolute Gasteiger partial charge is 0.349 e. The van der Waals surface area contributed by atoms with Gasteiger partial charge < -0.3 is 9.80 Å². The van der Waals surface area contributed by atoms with Gasteiger partial charge in [-0.1, -0.05) is 26.0 Å². The minimum Gasteiger partial charge on any atom is -0.349 e. The second-order valence-electron chi connectivity index (χ2n) is 10.3. The molecule has 38 heavy (non-hydrogen) atoms. The van der Waals surface area contributed by atoms with Crippen molar-refractivity contribution in [3.05, 3.63) is 58.1 Å². The Balaban J connectivity index is 1.45. The van der Waals surface area contributed by atoms with Crippen LogP contribution in [0.4, 0.5) is 11.5 Å². The van der Waals surface area contributed by atoms with Gasteiger partial charge in [-0.2, -0.15) is 10.2 Å².